The number of phenols is 1. The van der Waals surface area contributed by atoms with Crippen LogP contribution in [0.1, 0.15) is 64.2 Å². The normalized spacial score (nSPS) is 19.4. The predicted octanol–water partition coefficient (Wildman–Crippen LogP) is 6.83. The van der Waals surface area contributed by atoms with Gasteiger partial charge in [-0.1, -0.05) is 70.6 Å². The van der Waals surface area contributed by atoms with E-state index in [0.29, 0.717) is 19.3 Å². The van der Waals surface area contributed by atoms with E-state index in [-0.39, 0.29) is 27.7 Å². The summed E-state index contributed by atoms with van der Waals surface area (Å²) in [4.78, 5) is 14.4. The summed E-state index contributed by atoms with van der Waals surface area (Å²) >= 11 is 1.30. The molecule has 0 spiro atoms. The largest absolute Gasteiger partial charge is 0.511 e. The maximum atomic E-state index is 13.1. The first-order valence-electron chi connectivity index (χ1n) is 11.1. The van der Waals surface area contributed by atoms with Crippen molar-refractivity contribution < 1.29 is 19.7 Å². The number of aromatic hydroxyl groups is 1. The van der Waals surface area contributed by atoms with Gasteiger partial charge in [-0.2, -0.15) is 0 Å². The van der Waals surface area contributed by atoms with Gasteiger partial charge in [0.25, 0.3) is 0 Å². The fourth-order valence-corrected chi connectivity index (χ4v) is 5.33. The fraction of sp³-hybridized carbons (Fsp3) is 0.444. The van der Waals surface area contributed by atoms with Gasteiger partial charge in [0.1, 0.15) is 22.0 Å². The fourth-order valence-electron chi connectivity index (χ4n) is 4.06. The van der Waals surface area contributed by atoms with Crippen LogP contribution in [0.3, 0.4) is 0 Å². The molecule has 2 N–H and O–H groups in total. The van der Waals surface area contributed by atoms with E-state index in [1.165, 1.54) is 11.8 Å². The van der Waals surface area contributed by atoms with Crippen LogP contribution in [0.5, 0.6) is 5.75 Å². The van der Waals surface area contributed by atoms with E-state index in [4.69, 9.17) is 4.74 Å². The monoisotopic (exact) mass is 454 g/mol. The highest BCUT2D eigenvalue weighted by Gasteiger charge is 2.44. The maximum Gasteiger partial charge on any atom is 0.349 e. The van der Waals surface area contributed by atoms with Crippen molar-refractivity contribution in [1.82, 2.24) is 0 Å². The van der Waals surface area contributed by atoms with Gasteiger partial charge in [-0.3, -0.25) is 0 Å². The van der Waals surface area contributed by atoms with Crippen molar-refractivity contribution in [2.24, 2.45) is 5.92 Å². The van der Waals surface area contributed by atoms with Crippen LogP contribution in [0.15, 0.2) is 58.0 Å². The summed E-state index contributed by atoms with van der Waals surface area (Å²) in [6.07, 6.45) is 1.59. The molecule has 0 saturated carbocycles. The number of phenolic OH excluding ortho intramolecular Hbond substituents is 1. The van der Waals surface area contributed by atoms with Crippen molar-refractivity contribution in [1.29, 1.82) is 0 Å². The highest BCUT2D eigenvalue weighted by molar-refractivity contribution is 8.04. The molecule has 0 amide bonds. The van der Waals surface area contributed by atoms with E-state index in [1.54, 1.807) is 12.1 Å². The number of carbonyl (C=O) groups is 1. The third-order valence-electron chi connectivity index (χ3n) is 6.19. The van der Waals surface area contributed by atoms with Gasteiger partial charge in [-0.15, -0.1) is 0 Å². The van der Waals surface area contributed by atoms with Crippen molar-refractivity contribution in [2.45, 2.75) is 76.7 Å². The number of aliphatic hydroxyl groups excluding tert-OH is 1. The molecule has 0 aliphatic carbocycles. The minimum absolute atomic E-state index is 0.0429. The Morgan fingerprint density at radius 2 is 1.75 bits per heavy atom. The smallest absolute Gasteiger partial charge is 0.349 e. The van der Waals surface area contributed by atoms with E-state index >= 15 is 0 Å². The number of hydrogen-bond acceptors (Lipinski definition) is 5. The summed E-state index contributed by atoms with van der Waals surface area (Å²) in [5.41, 5.74) is 2.45. The summed E-state index contributed by atoms with van der Waals surface area (Å²) in [5.74, 6) is -0.0858. The van der Waals surface area contributed by atoms with Gasteiger partial charge >= 0.3 is 5.97 Å². The number of aryl methyl sites for hydroxylation is 2. The zero-order valence-electron chi connectivity index (χ0n) is 19.9. The Balaban J connectivity index is 1.87. The molecule has 1 unspecified atom stereocenters. The summed E-state index contributed by atoms with van der Waals surface area (Å²) in [6, 6.07) is 13.3. The van der Waals surface area contributed by atoms with Crippen LogP contribution in [0.2, 0.25) is 0 Å². The van der Waals surface area contributed by atoms with Crippen LogP contribution in [0.25, 0.3) is 0 Å². The Labute approximate surface area is 195 Å². The SMILES string of the molecule is Cc1ccc(C(C)(C)C)c(SC2=C(O)CC(CCc3ccc(O)cc3)(C(C)C)OC2=O)c1. The van der Waals surface area contributed by atoms with Gasteiger partial charge in [0.15, 0.2) is 0 Å². The first-order valence-corrected chi connectivity index (χ1v) is 12.0. The van der Waals surface area contributed by atoms with Crippen LogP contribution in [-0.2, 0) is 21.4 Å². The summed E-state index contributed by atoms with van der Waals surface area (Å²) in [7, 11) is 0. The summed E-state index contributed by atoms with van der Waals surface area (Å²) in [6.45, 7) is 12.5. The number of esters is 1. The topological polar surface area (TPSA) is 66.8 Å². The molecular formula is C27H34O4S. The van der Waals surface area contributed by atoms with Gasteiger partial charge in [0.2, 0.25) is 0 Å². The molecule has 4 nitrogen and oxygen atoms in total. The number of thioether (sulfide) groups is 1. The average molecular weight is 455 g/mol. The Kier molecular flexibility index (Phi) is 6.99. The molecule has 0 fully saturated rings. The van der Waals surface area contributed by atoms with Gasteiger partial charge in [0.05, 0.1) is 0 Å². The molecule has 5 heteroatoms. The van der Waals surface area contributed by atoms with Crippen LogP contribution in [0.4, 0.5) is 0 Å². The minimum Gasteiger partial charge on any atom is -0.511 e. The molecule has 32 heavy (non-hydrogen) atoms. The molecule has 172 valence electrons. The lowest BCUT2D eigenvalue weighted by molar-refractivity contribution is -0.164. The number of aliphatic hydroxyl groups is 1. The second-order valence-corrected chi connectivity index (χ2v) is 11.1. The van der Waals surface area contributed by atoms with Crippen molar-refractivity contribution >= 4 is 17.7 Å². The van der Waals surface area contributed by atoms with Crippen LogP contribution in [0, 0.1) is 12.8 Å². The quantitative estimate of drug-likeness (QED) is 0.468. The van der Waals surface area contributed by atoms with E-state index in [0.717, 1.165) is 21.6 Å². The molecule has 1 aliphatic rings. The van der Waals surface area contributed by atoms with Crippen molar-refractivity contribution in [3.63, 3.8) is 0 Å². The molecule has 2 aromatic rings. The Bertz CT molecular complexity index is 1010. The Morgan fingerprint density at radius 1 is 1.09 bits per heavy atom. The maximum absolute atomic E-state index is 13.1. The number of ether oxygens (including phenoxy) is 1. The van der Waals surface area contributed by atoms with E-state index in [1.807, 2.05) is 32.9 Å². The van der Waals surface area contributed by atoms with Crippen molar-refractivity contribution in [2.75, 3.05) is 0 Å². The summed E-state index contributed by atoms with van der Waals surface area (Å²) in [5, 5.41) is 20.5. The number of rotatable bonds is 6. The molecule has 2 aromatic carbocycles. The molecule has 0 radical (unpaired) electrons. The number of benzene rings is 2. The van der Waals surface area contributed by atoms with Crippen LogP contribution >= 0.6 is 11.8 Å². The number of cyclic esters (lactones) is 1. The van der Waals surface area contributed by atoms with Crippen LogP contribution < -0.4 is 0 Å². The molecule has 0 saturated heterocycles. The highest BCUT2D eigenvalue weighted by Crippen LogP contribution is 2.45. The zero-order valence-corrected chi connectivity index (χ0v) is 20.7. The third kappa shape index (κ3) is 5.32. The third-order valence-corrected chi connectivity index (χ3v) is 7.36. The van der Waals surface area contributed by atoms with Gasteiger partial charge in [0, 0.05) is 11.3 Å². The lowest BCUT2D eigenvalue weighted by Gasteiger charge is -2.40. The molecular weight excluding hydrogens is 420 g/mol. The highest BCUT2D eigenvalue weighted by atomic mass is 32.2. The molecule has 0 bridgehead atoms. The predicted molar refractivity (Wildman–Crippen MR) is 130 cm³/mol. The summed E-state index contributed by atoms with van der Waals surface area (Å²) < 4.78 is 6.06. The first-order chi connectivity index (χ1) is 14.9. The standard InChI is InChI=1S/C27H34O4S/c1-17(2)27(14-13-19-8-10-20(28)11-9-19)16-22(29)24(25(30)31-27)32-23-15-18(3)7-12-21(23)26(4,5)6/h7-12,15,17,28-29H,13-14,16H2,1-6H3. The lowest BCUT2D eigenvalue weighted by atomic mass is 9.80. The molecule has 0 aromatic heterocycles. The van der Waals surface area contributed by atoms with Gasteiger partial charge in [-0.05, 0) is 66.0 Å². The Morgan fingerprint density at radius 3 is 2.31 bits per heavy atom. The van der Waals surface area contributed by atoms with E-state index < -0.39 is 11.6 Å². The number of hydrogen-bond donors (Lipinski definition) is 2. The van der Waals surface area contributed by atoms with E-state index in [2.05, 4.69) is 39.0 Å². The molecule has 1 atom stereocenters. The van der Waals surface area contributed by atoms with Gasteiger partial charge < -0.3 is 14.9 Å². The van der Waals surface area contributed by atoms with Crippen molar-refractivity contribution in [3.8, 4) is 5.75 Å². The molecule has 1 aliphatic heterocycles. The zero-order chi connectivity index (χ0) is 23.7. The second kappa shape index (κ2) is 9.22. The van der Waals surface area contributed by atoms with Crippen molar-refractivity contribution in [3.05, 3.63) is 69.8 Å². The van der Waals surface area contributed by atoms with Crippen LogP contribution in [-0.4, -0.2) is 21.8 Å². The molecule has 3 rings (SSSR count). The Hall–Kier alpha value is -2.40. The first kappa shape index (κ1) is 24.2. The lowest BCUT2D eigenvalue weighted by Crippen LogP contribution is -2.44. The second-order valence-electron chi connectivity index (χ2n) is 10.1. The van der Waals surface area contributed by atoms with E-state index in [9.17, 15) is 15.0 Å². The molecule has 1 heterocycles. The minimum atomic E-state index is -0.761. The number of carbonyl (C=O) groups excluding carboxylic acids is 1. The average Bonchev–Trinajstić information content (AvgIpc) is 2.69. The van der Waals surface area contributed by atoms with Gasteiger partial charge in [-0.25, -0.2) is 4.79 Å².